The van der Waals surface area contributed by atoms with E-state index in [0.717, 1.165) is 18.2 Å². The summed E-state index contributed by atoms with van der Waals surface area (Å²) < 4.78 is 0. The molecule has 0 spiro atoms. The molecule has 1 fully saturated rings. The van der Waals surface area contributed by atoms with E-state index in [1.807, 2.05) is 0 Å². The Balaban J connectivity index is 2.04. The Hall–Kier alpha value is -0.490. The Bertz CT molecular complexity index is 315. The molecule has 0 aromatic heterocycles. The van der Waals surface area contributed by atoms with E-state index in [1.54, 1.807) is 5.56 Å². The van der Waals surface area contributed by atoms with Crippen LogP contribution in [0.5, 0.6) is 0 Å². The van der Waals surface area contributed by atoms with E-state index in [4.69, 9.17) is 11.6 Å². The molecule has 1 aliphatic carbocycles. The molecule has 2 rings (SSSR count). The van der Waals surface area contributed by atoms with Crippen LogP contribution < -0.4 is 0 Å². The summed E-state index contributed by atoms with van der Waals surface area (Å²) in [4.78, 5) is 0. The molecule has 1 aliphatic rings. The van der Waals surface area contributed by atoms with Crippen LogP contribution in [-0.2, 0) is 6.42 Å². The Morgan fingerprint density at radius 1 is 1.40 bits per heavy atom. The summed E-state index contributed by atoms with van der Waals surface area (Å²) in [6, 6.07) is 9.08. The Morgan fingerprint density at radius 2 is 2.20 bits per heavy atom. The third kappa shape index (κ3) is 2.75. The van der Waals surface area contributed by atoms with Gasteiger partial charge >= 0.3 is 0 Å². The van der Waals surface area contributed by atoms with Crippen LogP contribution >= 0.6 is 11.6 Å². The summed E-state index contributed by atoms with van der Waals surface area (Å²) in [5.41, 5.74) is 2.99. The van der Waals surface area contributed by atoms with Gasteiger partial charge < -0.3 is 0 Å². The molecule has 82 valence electrons. The van der Waals surface area contributed by atoms with Crippen LogP contribution in [0.2, 0.25) is 0 Å². The first-order valence-corrected chi connectivity index (χ1v) is 6.48. The quantitative estimate of drug-likeness (QED) is 0.664. The third-order valence-corrected chi connectivity index (χ3v) is 3.90. The van der Waals surface area contributed by atoms with Crippen LogP contribution in [0.1, 0.15) is 43.2 Å². The van der Waals surface area contributed by atoms with Crippen molar-refractivity contribution in [2.75, 3.05) is 5.88 Å². The molecular weight excluding hydrogens is 204 g/mol. The molecule has 1 aromatic rings. The van der Waals surface area contributed by atoms with Crippen molar-refractivity contribution < 1.29 is 0 Å². The van der Waals surface area contributed by atoms with Gasteiger partial charge in [-0.25, -0.2) is 0 Å². The lowest BCUT2D eigenvalue weighted by molar-refractivity contribution is 0.419. The van der Waals surface area contributed by atoms with Crippen LogP contribution in [0.25, 0.3) is 0 Å². The number of benzene rings is 1. The normalized spacial score (nSPS) is 18.5. The molecule has 0 saturated heterocycles. The maximum atomic E-state index is 5.84. The zero-order valence-electron chi connectivity index (χ0n) is 9.38. The fourth-order valence-electron chi connectivity index (χ4n) is 2.17. The minimum atomic E-state index is 0.586. The number of rotatable bonds is 4. The second-order valence-electron chi connectivity index (χ2n) is 4.84. The first-order chi connectivity index (χ1) is 7.29. The summed E-state index contributed by atoms with van der Waals surface area (Å²) >= 11 is 5.84. The average molecular weight is 223 g/mol. The molecule has 1 unspecified atom stereocenters. The molecule has 1 atom stereocenters. The minimum absolute atomic E-state index is 0.586. The lowest BCUT2D eigenvalue weighted by Crippen LogP contribution is -2.09. The van der Waals surface area contributed by atoms with Gasteiger partial charge in [0.1, 0.15) is 0 Å². The van der Waals surface area contributed by atoms with Crippen molar-refractivity contribution in [1.29, 1.82) is 0 Å². The van der Waals surface area contributed by atoms with Crippen molar-refractivity contribution in [3.05, 3.63) is 35.4 Å². The van der Waals surface area contributed by atoms with Gasteiger partial charge in [-0.2, -0.15) is 0 Å². The number of hydrogen-bond acceptors (Lipinski definition) is 0. The van der Waals surface area contributed by atoms with Gasteiger partial charge in [-0.1, -0.05) is 37.6 Å². The minimum Gasteiger partial charge on any atom is -0.126 e. The van der Waals surface area contributed by atoms with Crippen LogP contribution in [0.15, 0.2) is 24.3 Å². The molecule has 0 amide bonds. The van der Waals surface area contributed by atoms with Crippen molar-refractivity contribution in [2.45, 2.75) is 38.5 Å². The lowest BCUT2D eigenvalue weighted by Gasteiger charge is -2.26. The first kappa shape index (κ1) is 11.0. The molecule has 15 heavy (non-hydrogen) atoms. The molecule has 0 heterocycles. The molecule has 0 aliphatic heterocycles. The van der Waals surface area contributed by atoms with Gasteiger partial charge in [0.05, 0.1) is 0 Å². The Morgan fingerprint density at radius 3 is 2.80 bits per heavy atom. The van der Waals surface area contributed by atoms with Gasteiger partial charge in [0.2, 0.25) is 0 Å². The fourth-order valence-corrected chi connectivity index (χ4v) is 2.28. The monoisotopic (exact) mass is 222 g/mol. The van der Waals surface area contributed by atoms with E-state index in [-0.39, 0.29) is 0 Å². The predicted octanol–water partition coefficient (Wildman–Crippen LogP) is 4.37. The zero-order valence-corrected chi connectivity index (χ0v) is 10.1. The van der Waals surface area contributed by atoms with Gasteiger partial charge in [0, 0.05) is 5.88 Å². The van der Waals surface area contributed by atoms with Crippen molar-refractivity contribution in [2.24, 2.45) is 5.92 Å². The summed E-state index contributed by atoms with van der Waals surface area (Å²) in [5.74, 6) is 2.19. The van der Waals surface area contributed by atoms with Crippen LogP contribution in [-0.4, -0.2) is 5.88 Å². The third-order valence-electron chi connectivity index (χ3n) is 3.38. The van der Waals surface area contributed by atoms with Gasteiger partial charge in [0.25, 0.3) is 0 Å². The fraction of sp³-hybridized carbons (Fsp3) is 0.571. The van der Waals surface area contributed by atoms with Crippen LogP contribution in [0, 0.1) is 5.92 Å². The lowest BCUT2D eigenvalue weighted by atomic mass is 9.79. The number of halogens is 1. The van der Waals surface area contributed by atoms with Gasteiger partial charge in [-0.15, -0.1) is 11.6 Å². The summed E-state index contributed by atoms with van der Waals surface area (Å²) in [6.45, 7) is 2.21. The van der Waals surface area contributed by atoms with E-state index in [2.05, 4.69) is 31.2 Å². The SMILES string of the molecule is CC(CCl)Cc1cccc(C2CCC2)c1. The number of alkyl halides is 1. The van der Waals surface area contributed by atoms with Crippen molar-refractivity contribution >= 4 is 11.6 Å². The first-order valence-electron chi connectivity index (χ1n) is 5.94. The van der Waals surface area contributed by atoms with E-state index in [1.165, 1.54) is 24.8 Å². The second kappa shape index (κ2) is 5.03. The molecule has 0 bridgehead atoms. The van der Waals surface area contributed by atoms with Gasteiger partial charge in [-0.05, 0) is 42.2 Å². The van der Waals surface area contributed by atoms with Crippen LogP contribution in [0.4, 0.5) is 0 Å². The standard InChI is InChI=1S/C14H19Cl/c1-11(10-15)8-12-4-2-7-14(9-12)13-5-3-6-13/h2,4,7,9,11,13H,3,5-6,8,10H2,1H3. The largest absolute Gasteiger partial charge is 0.126 e. The zero-order chi connectivity index (χ0) is 10.7. The van der Waals surface area contributed by atoms with Crippen molar-refractivity contribution in [1.82, 2.24) is 0 Å². The van der Waals surface area contributed by atoms with Crippen molar-refractivity contribution in [3.8, 4) is 0 Å². The molecular formula is C14H19Cl. The van der Waals surface area contributed by atoms with Crippen molar-refractivity contribution in [3.63, 3.8) is 0 Å². The molecule has 1 heteroatoms. The average Bonchev–Trinajstić information content (AvgIpc) is 2.15. The maximum Gasteiger partial charge on any atom is 0.0252 e. The molecule has 1 saturated carbocycles. The highest BCUT2D eigenvalue weighted by Crippen LogP contribution is 2.36. The highest BCUT2D eigenvalue weighted by Gasteiger charge is 2.19. The topological polar surface area (TPSA) is 0 Å². The highest BCUT2D eigenvalue weighted by molar-refractivity contribution is 6.18. The smallest absolute Gasteiger partial charge is 0.0252 e. The predicted molar refractivity (Wildman–Crippen MR) is 66.6 cm³/mol. The molecule has 1 aromatic carbocycles. The number of hydrogen-bond donors (Lipinski definition) is 0. The van der Waals surface area contributed by atoms with E-state index < -0.39 is 0 Å². The summed E-state index contributed by atoms with van der Waals surface area (Å²) in [5, 5.41) is 0. The second-order valence-corrected chi connectivity index (χ2v) is 5.15. The maximum absolute atomic E-state index is 5.84. The van der Waals surface area contributed by atoms with Gasteiger partial charge in [-0.3, -0.25) is 0 Å². The Kier molecular flexibility index (Phi) is 3.69. The highest BCUT2D eigenvalue weighted by atomic mass is 35.5. The summed E-state index contributed by atoms with van der Waals surface area (Å²) in [6.07, 6.45) is 5.29. The molecule has 0 radical (unpaired) electrons. The van der Waals surface area contributed by atoms with E-state index in [9.17, 15) is 0 Å². The molecule has 0 N–H and O–H groups in total. The van der Waals surface area contributed by atoms with Gasteiger partial charge in [0.15, 0.2) is 0 Å². The Labute approximate surface area is 97.6 Å². The van der Waals surface area contributed by atoms with Crippen LogP contribution in [0.3, 0.4) is 0 Å². The summed E-state index contributed by atoms with van der Waals surface area (Å²) in [7, 11) is 0. The molecule has 0 nitrogen and oxygen atoms in total. The van der Waals surface area contributed by atoms with E-state index >= 15 is 0 Å². The van der Waals surface area contributed by atoms with E-state index in [0.29, 0.717) is 5.92 Å².